The predicted molar refractivity (Wildman–Crippen MR) is 60.0 cm³/mol. The molecule has 0 fully saturated rings. The molecule has 0 aliphatic carbocycles. The molecule has 0 aliphatic rings. The van der Waals surface area contributed by atoms with E-state index in [-0.39, 0.29) is 18.7 Å². The number of aliphatic carboxylic acids is 1. The van der Waals surface area contributed by atoms with E-state index in [2.05, 4.69) is 0 Å². The molecule has 0 radical (unpaired) electrons. The Morgan fingerprint density at radius 2 is 1.88 bits per heavy atom. The van der Waals surface area contributed by atoms with Crippen molar-refractivity contribution in [3.8, 4) is 0 Å². The number of carboxylic acid groups (broad SMARTS) is 1. The van der Waals surface area contributed by atoms with Crippen LogP contribution in [0.5, 0.6) is 0 Å². The Morgan fingerprint density at radius 3 is 2.38 bits per heavy atom. The molecular formula is C12H15NO3. The van der Waals surface area contributed by atoms with Gasteiger partial charge in [-0.05, 0) is 12.0 Å². The lowest BCUT2D eigenvalue weighted by Gasteiger charge is -2.10. The Hall–Kier alpha value is -1.68. The van der Waals surface area contributed by atoms with Crippen molar-refractivity contribution >= 4 is 11.8 Å². The average Bonchev–Trinajstić information content (AvgIpc) is 2.29. The summed E-state index contributed by atoms with van der Waals surface area (Å²) >= 11 is 0. The Labute approximate surface area is 94.1 Å². The molecule has 4 nitrogen and oxygen atoms in total. The van der Waals surface area contributed by atoms with Crippen LogP contribution in [0, 0.1) is 5.92 Å². The third-order valence-corrected chi connectivity index (χ3v) is 2.38. The lowest BCUT2D eigenvalue weighted by Crippen LogP contribution is -2.24. The highest BCUT2D eigenvalue weighted by molar-refractivity contribution is 5.85. The van der Waals surface area contributed by atoms with Crippen LogP contribution >= 0.6 is 0 Å². The first-order valence-corrected chi connectivity index (χ1v) is 5.12. The molecule has 0 spiro atoms. The fraction of sp³-hybridized carbons (Fsp3) is 0.333. The number of hydrogen-bond donors (Lipinski definition) is 2. The summed E-state index contributed by atoms with van der Waals surface area (Å²) in [6.45, 7) is -0.0986. The van der Waals surface area contributed by atoms with Crippen LogP contribution in [0.4, 0.5) is 0 Å². The minimum atomic E-state index is -0.953. The molecular weight excluding hydrogens is 206 g/mol. The van der Waals surface area contributed by atoms with Gasteiger partial charge in [-0.3, -0.25) is 9.59 Å². The first-order valence-electron chi connectivity index (χ1n) is 5.12. The number of hydrogen-bond acceptors (Lipinski definition) is 3. The van der Waals surface area contributed by atoms with Gasteiger partial charge in [0.1, 0.15) is 5.78 Å². The number of carboxylic acids is 1. The van der Waals surface area contributed by atoms with Crippen LogP contribution in [0.1, 0.15) is 12.0 Å². The average molecular weight is 221 g/mol. The van der Waals surface area contributed by atoms with Crippen LogP contribution in [-0.2, 0) is 16.0 Å². The second-order valence-electron chi connectivity index (χ2n) is 3.67. The van der Waals surface area contributed by atoms with E-state index in [1.165, 1.54) is 0 Å². The number of carbonyl (C=O) groups excluding carboxylic acids is 1. The minimum absolute atomic E-state index is 0.000722. The molecule has 0 saturated heterocycles. The van der Waals surface area contributed by atoms with Gasteiger partial charge in [0.05, 0.1) is 12.5 Å². The summed E-state index contributed by atoms with van der Waals surface area (Å²) < 4.78 is 0. The van der Waals surface area contributed by atoms with E-state index in [0.717, 1.165) is 5.56 Å². The van der Waals surface area contributed by atoms with E-state index in [1.54, 1.807) is 0 Å². The SMILES string of the molecule is NCC(=O)CC(Cc1ccccc1)C(=O)O. The molecule has 1 atom stereocenters. The topological polar surface area (TPSA) is 80.4 Å². The van der Waals surface area contributed by atoms with Gasteiger partial charge >= 0.3 is 5.97 Å². The molecule has 1 aromatic rings. The first kappa shape index (κ1) is 12.4. The van der Waals surface area contributed by atoms with E-state index in [9.17, 15) is 9.59 Å². The summed E-state index contributed by atoms with van der Waals surface area (Å²) in [6.07, 6.45) is 0.364. The molecule has 86 valence electrons. The van der Waals surface area contributed by atoms with E-state index < -0.39 is 11.9 Å². The maximum atomic E-state index is 11.1. The van der Waals surface area contributed by atoms with E-state index in [4.69, 9.17) is 10.8 Å². The fourth-order valence-corrected chi connectivity index (χ4v) is 1.50. The number of Topliss-reactive ketones (excluding diaryl/α,β-unsaturated/α-hetero) is 1. The van der Waals surface area contributed by atoms with E-state index in [0.29, 0.717) is 6.42 Å². The van der Waals surface area contributed by atoms with Crippen molar-refractivity contribution < 1.29 is 14.7 Å². The number of carbonyl (C=O) groups is 2. The number of ketones is 1. The molecule has 1 aromatic carbocycles. The largest absolute Gasteiger partial charge is 0.481 e. The minimum Gasteiger partial charge on any atom is -0.481 e. The number of rotatable bonds is 6. The lowest BCUT2D eigenvalue weighted by atomic mass is 9.94. The predicted octanol–water partition coefficient (Wildman–Crippen LogP) is 0.848. The molecule has 1 unspecified atom stereocenters. The Kier molecular flexibility index (Phi) is 4.66. The lowest BCUT2D eigenvalue weighted by molar-refractivity contribution is -0.143. The summed E-state index contributed by atoms with van der Waals surface area (Å²) in [5.41, 5.74) is 6.09. The van der Waals surface area contributed by atoms with Crippen molar-refractivity contribution in [2.24, 2.45) is 11.7 Å². The monoisotopic (exact) mass is 221 g/mol. The number of nitrogens with two attached hydrogens (primary N) is 1. The van der Waals surface area contributed by atoms with Gasteiger partial charge in [-0.1, -0.05) is 30.3 Å². The molecule has 16 heavy (non-hydrogen) atoms. The van der Waals surface area contributed by atoms with E-state index >= 15 is 0 Å². The van der Waals surface area contributed by atoms with Crippen molar-refractivity contribution in [3.05, 3.63) is 35.9 Å². The van der Waals surface area contributed by atoms with Gasteiger partial charge in [0.15, 0.2) is 0 Å². The summed E-state index contributed by atoms with van der Waals surface area (Å²) in [6, 6.07) is 9.26. The van der Waals surface area contributed by atoms with Crippen LogP contribution in [0.2, 0.25) is 0 Å². The second kappa shape index (κ2) is 6.02. The maximum absolute atomic E-state index is 11.1. The van der Waals surface area contributed by atoms with Gasteiger partial charge in [0, 0.05) is 6.42 Å². The van der Waals surface area contributed by atoms with Crippen molar-refractivity contribution in [1.82, 2.24) is 0 Å². The fourth-order valence-electron chi connectivity index (χ4n) is 1.50. The molecule has 0 amide bonds. The highest BCUT2D eigenvalue weighted by Gasteiger charge is 2.20. The van der Waals surface area contributed by atoms with Crippen LogP contribution in [0.25, 0.3) is 0 Å². The summed E-state index contributed by atoms with van der Waals surface area (Å²) in [7, 11) is 0. The molecule has 0 aromatic heterocycles. The van der Waals surface area contributed by atoms with Gasteiger partial charge in [-0.25, -0.2) is 0 Å². The van der Waals surface area contributed by atoms with Gasteiger partial charge in [0.2, 0.25) is 0 Å². The molecule has 0 saturated carbocycles. The maximum Gasteiger partial charge on any atom is 0.307 e. The molecule has 0 aliphatic heterocycles. The third kappa shape index (κ3) is 3.82. The molecule has 1 rings (SSSR count). The highest BCUT2D eigenvalue weighted by atomic mass is 16.4. The van der Waals surface area contributed by atoms with Crippen molar-refractivity contribution in [1.29, 1.82) is 0 Å². The van der Waals surface area contributed by atoms with Gasteiger partial charge < -0.3 is 10.8 Å². The van der Waals surface area contributed by atoms with Crippen LogP contribution in [-0.4, -0.2) is 23.4 Å². The molecule has 4 heteroatoms. The zero-order valence-electron chi connectivity index (χ0n) is 8.93. The van der Waals surface area contributed by atoms with Crippen LogP contribution in [0.15, 0.2) is 30.3 Å². The Bertz CT molecular complexity index is 362. The zero-order chi connectivity index (χ0) is 12.0. The Balaban J connectivity index is 2.65. The van der Waals surface area contributed by atoms with Gasteiger partial charge in [-0.2, -0.15) is 0 Å². The van der Waals surface area contributed by atoms with E-state index in [1.807, 2.05) is 30.3 Å². The first-order chi connectivity index (χ1) is 7.63. The van der Waals surface area contributed by atoms with Crippen molar-refractivity contribution in [3.63, 3.8) is 0 Å². The normalized spacial score (nSPS) is 12.1. The molecule has 0 heterocycles. The zero-order valence-corrected chi connectivity index (χ0v) is 8.93. The summed E-state index contributed by atoms with van der Waals surface area (Å²) in [4.78, 5) is 22.1. The van der Waals surface area contributed by atoms with Crippen LogP contribution in [0.3, 0.4) is 0 Å². The molecule has 3 N–H and O–H groups in total. The molecule has 0 bridgehead atoms. The van der Waals surface area contributed by atoms with Gasteiger partial charge in [-0.15, -0.1) is 0 Å². The standard InChI is InChI=1S/C12H15NO3/c13-8-11(14)7-10(12(15)16)6-9-4-2-1-3-5-9/h1-5,10H,6-8,13H2,(H,15,16). The number of benzene rings is 1. The smallest absolute Gasteiger partial charge is 0.307 e. The quantitative estimate of drug-likeness (QED) is 0.746. The summed E-state index contributed by atoms with van der Waals surface area (Å²) in [5.74, 6) is -1.85. The van der Waals surface area contributed by atoms with Crippen molar-refractivity contribution in [2.45, 2.75) is 12.8 Å². The summed E-state index contributed by atoms with van der Waals surface area (Å²) in [5, 5.41) is 8.99. The van der Waals surface area contributed by atoms with Crippen LogP contribution < -0.4 is 5.73 Å². The third-order valence-electron chi connectivity index (χ3n) is 2.38. The Morgan fingerprint density at radius 1 is 1.25 bits per heavy atom. The van der Waals surface area contributed by atoms with Crippen molar-refractivity contribution in [2.75, 3.05) is 6.54 Å². The second-order valence-corrected chi connectivity index (χ2v) is 3.67. The highest BCUT2D eigenvalue weighted by Crippen LogP contribution is 2.12. The van der Waals surface area contributed by atoms with Gasteiger partial charge in [0.25, 0.3) is 0 Å².